The lowest BCUT2D eigenvalue weighted by Crippen LogP contribution is -2.25. The van der Waals surface area contributed by atoms with Crippen molar-refractivity contribution in [3.63, 3.8) is 0 Å². The van der Waals surface area contributed by atoms with E-state index in [1.807, 2.05) is 7.05 Å². The fraction of sp³-hybridized carbons (Fsp3) is 0.846. The van der Waals surface area contributed by atoms with Gasteiger partial charge in [-0.05, 0) is 13.3 Å². The second-order valence-electron chi connectivity index (χ2n) is 4.82. The maximum absolute atomic E-state index is 4.25. The molecule has 0 aliphatic heterocycles. The largest absolute Gasteiger partial charge is 0.307 e. The third-order valence-electron chi connectivity index (χ3n) is 3.00. The molecule has 0 amide bonds. The number of nitrogens with one attached hydrogen (secondary N) is 1. The van der Waals surface area contributed by atoms with Crippen molar-refractivity contribution in [3.05, 3.63) is 12.2 Å². The quantitative estimate of drug-likeness (QED) is 0.673. The second kappa shape index (κ2) is 8.23. The van der Waals surface area contributed by atoms with Crippen molar-refractivity contribution in [2.75, 3.05) is 0 Å². The Labute approximate surface area is 105 Å². The summed E-state index contributed by atoms with van der Waals surface area (Å²) in [7, 11) is 1.90. The SMILES string of the molecule is CCCCCCCC(C)NCc1ncn(C)n1. The molecule has 0 bridgehead atoms. The van der Waals surface area contributed by atoms with E-state index in [0.717, 1.165) is 12.4 Å². The molecule has 0 aliphatic carbocycles. The number of hydrogen-bond acceptors (Lipinski definition) is 3. The lowest BCUT2D eigenvalue weighted by molar-refractivity contribution is 0.473. The molecule has 1 N–H and O–H groups in total. The molecule has 0 radical (unpaired) electrons. The van der Waals surface area contributed by atoms with Gasteiger partial charge in [0, 0.05) is 13.1 Å². The maximum Gasteiger partial charge on any atom is 0.164 e. The molecule has 1 aromatic heterocycles. The van der Waals surface area contributed by atoms with Crippen LogP contribution in [0.4, 0.5) is 0 Å². The van der Waals surface area contributed by atoms with E-state index < -0.39 is 0 Å². The van der Waals surface area contributed by atoms with Crippen molar-refractivity contribution < 1.29 is 0 Å². The van der Waals surface area contributed by atoms with Gasteiger partial charge in [0.2, 0.25) is 0 Å². The first kappa shape index (κ1) is 14.2. The fourth-order valence-electron chi connectivity index (χ4n) is 1.89. The Morgan fingerprint density at radius 1 is 1.29 bits per heavy atom. The summed E-state index contributed by atoms with van der Waals surface area (Å²) in [5.74, 6) is 0.880. The molecule has 0 saturated heterocycles. The highest BCUT2D eigenvalue weighted by Crippen LogP contribution is 2.07. The van der Waals surface area contributed by atoms with E-state index in [2.05, 4.69) is 29.2 Å². The average molecular weight is 238 g/mol. The molecular formula is C13H26N4. The van der Waals surface area contributed by atoms with Gasteiger partial charge in [-0.15, -0.1) is 0 Å². The summed E-state index contributed by atoms with van der Waals surface area (Å²) in [5.41, 5.74) is 0. The maximum atomic E-state index is 4.25. The van der Waals surface area contributed by atoms with Crippen LogP contribution in [0.25, 0.3) is 0 Å². The number of rotatable bonds is 9. The molecule has 0 aliphatic rings. The van der Waals surface area contributed by atoms with Crippen LogP contribution in [0.5, 0.6) is 0 Å². The van der Waals surface area contributed by atoms with E-state index in [9.17, 15) is 0 Å². The molecule has 0 fully saturated rings. The number of aromatic nitrogens is 3. The minimum absolute atomic E-state index is 0.556. The van der Waals surface area contributed by atoms with Gasteiger partial charge in [0.1, 0.15) is 6.33 Å². The predicted molar refractivity (Wildman–Crippen MR) is 70.7 cm³/mol. The lowest BCUT2D eigenvalue weighted by Gasteiger charge is -2.12. The standard InChI is InChI=1S/C13H26N4/c1-4-5-6-7-8-9-12(2)14-10-13-15-11-17(3)16-13/h11-12,14H,4-10H2,1-3H3. The Hall–Kier alpha value is -0.900. The normalized spacial score (nSPS) is 12.9. The first-order valence-corrected chi connectivity index (χ1v) is 6.80. The molecule has 1 atom stereocenters. The van der Waals surface area contributed by atoms with Gasteiger partial charge in [-0.25, -0.2) is 4.98 Å². The lowest BCUT2D eigenvalue weighted by atomic mass is 10.1. The summed E-state index contributed by atoms with van der Waals surface area (Å²) in [4.78, 5) is 4.20. The summed E-state index contributed by atoms with van der Waals surface area (Å²) in [6.45, 7) is 5.27. The number of hydrogen-bond donors (Lipinski definition) is 1. The summed E-state index contributed by atoms with van der Waals surface area (Å²) in [5, 5.41) is 7.71. The van der Waals surface area contributed by atoms with Crippen molar-refractivity contribution in [2.24, 2.45) is 7.05 Å². The van der Waals surface area contributed by atoms with Gasteiger partial charge >= 0.3 is 0 Å². The van der Waals surface area contributed by atoms with Gasteiger partial charge in [0.05, 0.1) is 6.54 Å². The molecule has 1 heterocycles. The van der Waals surface area contributed by atoms with Crippen LogP contribution in [0.15, 0.2) is 6.33 Å². The van der Waals surface area contributed by atoms with Crippen molar-refractivity contribution in [3.8, 4) is 0 Å². The average Bonchev–Trinajstić information content (AvgIpc) is 2.72. The Bertz CT molecular complexity index is 295. The van der Waals surface area contributed by atoms with E-state index in [1.54, 1.807) is 11.0 Å². The van der Waals surface area contributed by atoms with Crippen LogP contribution in [0.1, 0.15) is 58.2 Å². The number of nitrogens with zero attached hydrogens (tertiary/aromatic N) is 3. The van der Waals surface area contributed by atoms with Gasteiger partial charge in [-0.2, -0.15) is 5.10 Å². The Morgan fingerprint density at radius 2 is 2.06 bits per heavy atom. The van der Waals surface area contributed by atoms with Crippen LogP contribution < -0.4 is 5.32 Å². The molecule has 1 aromatic rings. The molecule has 4 nitrogen and oxygen atoms in total. The van der Waals surface area contributed by atoms with Gasteiger partial charge in [0.15, 0.2) is 5.82 Å². The Morgan fingerprint density at radius 3 is 2.71 bits per heavy atom. The van der Waals surface area contributed by atoms with Gasteiger partial charge in [0.25, 0.3) is 0 Å². The van der Waals surface area contributed by atoms with E-state index in [0.29, 0.717) is 6.04 Å². The van der Waals surface area contributed by atoms with Crippen molar-refractivity contribution >= 4 is 0 Å². The smallest absolute Gasteiger partial charge is 0.164 e. The zero-order valence-corrected chi connectivity index (χ0v) is 11.4. The van der Waals surface area contributed by atoms with Crippen LogP contribution >= 0.6 is 0 Å². The minimum Gasteiger partial charge on any atom is -0.307 e. The molecule has 4 heteroatoms. The predicted octanol–water partition coefficient (Wildman–Crippen LogP) is 2.65. The van der Waals surface area contributed by atoms with Crippen LogP contribution in [0.2, 0.25) is 0 Å². The highest BCUT2D eigenvalue weighted by Gasteiger charge is 2.03. The Balaban J connectivity index is 2.03. The monoisotopic (exact) mass is 238 g/mol. The van der Waals surface area contributed by atoms with Crippen LogP contribution in [0.3, 0.4) is 0 Å². The molecule has 0 spiro atoms. The first-order valence-electron chi connectivity index (χ1n) is 6.80. The van der Waals surface area contributed by atoms with Crippen LogP contribution in [-0.4, -0.2) is 20.8 Å². The number of aryl methyl sites for hydroxylation is 1. The molecule has 0 saturated carbocycles. The van der Waals surface area contributed by atoms with Gasteiger partial charge in [-0.3, -0.25) is 4.68 Å². The van der Waals surface area contributed by atoms with Crippen LogP contribution in [-0.2, 0) is 13.6 Å². The number of unbranched alkanes of at least 4 members (excludes halogenated alkanes) is 4. The molecule has 17 heavy (non-hydrogen) atoms. The molecule has 0 aromatic carbocycles. The first-order chi connectivity index (χ1) is 8.22. The molecule has 1 unspecified atom stereocenters. The zero-order chi connectivity index (χ0) is 12.5. The van der Waals surface area contributed by atoms with E-state index >= 15 is 0 Å². The van der Waals surface area contributed by atoms with Crippen molar-refractivity contribution in [1.29, 1.82) is 0 Å². The Kier molecular flexibility index (Phi) is 6.86. The highest BCUT2D eigenvalue weighted by atomic mass is 15.3. The fourth-order valence-corrected chi connectivity index (χ4v) is 1.89. The molecule has 1 rings (SSSR count). The van der Waals surface area contributed by atoms with Crippen LogP contribution in [0, 0.1) is 0 Å². The summed E-state index contributed by atoms with van der Waals surface area (Å²) in [6.07, 6.45) is 9.75. The van der Waals surface area contributed by atoms with Gasteiger partial charge < -0.3 is 5.32 Å². The molecule has 98 valence electrons. The van der Waals surface area contributed by atoms with Crippen molar-refractivity contribution in [2.45, 2.75) is 65.0 Å². The minimum atomic E-state index is 0.556. The zero-order valence-electron chi connectivity index (χ0n) is 11.4. The topological polar surface area (TPSA) is 42.7 Å². The van der Waals surface area contributed by atoms with E-state index in [4.69, 9.17) is 0 Å². The third-order valence-corrected chi connectivity index (χ3v) is 3.00. The second-order valence-corrected chi connectivity index (χ2v) is 4.82. The van der Waals surface area contributed by atoms with E-state index in [-0.39, 0.29) is 0 Å². The molecular weight excluding hydrogens is 212 g/mol. The summed E-state index contributed by atoms with van der Waals surface area (Å²) >= 11 is 0. The van der Waals surface area contributed by atoms with E-state index in [1.165, 1.54) is 38.5 Å². The highest BCUT2D eigenvalue weighted by molar-refractivity contribution is 4.81. The summed E-state index contributed by atoms with van der Waals surface area (Å²) in [6, 6.07) is 0.556. The van der Waals surface area contributed by atoms with Crippen molar-refractivity contribution in [1.82, 2.24) is 20.1 Å². The summed E-state index contributed by atoms with van der Waals surface area (Å²) < 4.78 is 1.74. The third kappa shape index (κ3) is 6.41. The van der Waals surface area contributed by atoms with Gasteiger partial charge in [-0.1, -0.05) is 39.0 Å².